The van der Waals surface area contributed by atoms with Crippen molar-refractivity contribution in [3.8, 4) is 0 Å². The number of carbonyl (C=O) groups excluding carboxylic acids is 1. The SMILES string of the molecule is Cc1ccc(CN(c2ccc(C(=O)Nc3cc(C)ccc3C)cc2)S(C)(=O)=O)cc1. The lowest BCUT2D eigenvalue weighted by molar-refractivity contribution is 0.102. The van der Waals surface area contributed by atoms with Crippen LogP contribution in [-0.4, -0.2) is 20.6 Å². The Morgan fingerprint density at radius 1 is 0.867 bits per heavy atom. The average molecular weight is 423 g/mol. The van der Waals surface area contributed by atoms with Crippen LogP contribution in [0.1, 0.15) is 32.6 Å². The van der Waals surface area contributed by atoms with E-state index in [1.165, 1.54) is 10.6 Å². The molecule has 3 rings (SSSR count). The molecule has 0 saturated heterocycles. The van der Waals surface area contributed by atoms with Crippen molar-refractivity contribution < 1.29 is 13.2 Å². The third kappa shape index (κ3) is 5.27. The quantitative estimate of drug-likeness (QED) is 0.619. The highest BCUT2D eigenvalue weighted by atomic mass is 32.2. The van der Waals surface area contributed by atoms with Crippen molar-refractivity contribution in [3.05, 3.63) is 94.5 Å². The first-order valence-electron chi connectivity index (χ1n) is 9.65. The van der Waals surface area contributed by atoms with Crippen molar-refractivity contribution >= 4 is 27.3 Å². The molecule has 0 heterocycles. The fraction of sp³-hybridized carbons (Fsp3) is 0.208. The van der Waals surface area contributed by atoms with E-state index in [-0.39, 0.29) is 12.5 Å². The minimum absolute atomic E-state index is 0.229. The van der Waals surface area contributed by atoms with E-state index in [1.807, 2.05) is 63.2 Å². The molecule has 0 radical (unpaired) electrons. The van der Waals surface area contributed by atoms with Gasteiger partial charge < -0.3 is 5.32 Å². The van der Waals surface area contributed by atoms with E-state index < -0.39 is 10.0 Å². The summed E-state index contributed by atoms with van der Waals surface area (Å²) in [5, 5.41) is 2.92. The van der Waals surface area contributed by atoms with Gasteiger partial charge in [-0.05, 0) is 67.8 Å². The maximum Gasteiger partial charge on any atom is 0.255 e. The zero-order chi connectivity index (χ0) is 21.9. The van der Waals surface area contributed by atoms with Crippen molar-refractivity contribution in [3.63, 3.8) is 0 Å². The lowest BCUT2D eigenvalue weighted by atomic mass is 10.1. The highest BCUT2D eigenvalue weighted by molar-refractivity contribution is 7.92. The van der Waals surface area contributed by atoms with Crippen LogP contribution in [0.15, 0.2) is 66.7 Å². The number of aryl methyl sites for hydroxylation is 3. The Balaban J connectivity index is 1.81. The minimum atomic E-state index is -3.49. The standard InChI is InChI=1S/C24H26N2O3S/c1-17-6-9-20(10-7-17)16-26(30(4,28)29)22-13-11-21(12-14-22)24(27)25-23-15-18(2)5-8-19(23)3/h5-15H,16H2,1-4H3,(H,25,27). The lowest BCUT2D eigenvalue weighted by Crippen LogP contribution is -2.29. The molecule has 156 valence electrons. The molecule has 0 unspecified atom stereocenters. The smallest absolute Gasteiger partial charge is 0.255 e. The molecule has 0 bridgehead atoms. The molecule has 5 nitrogen and oxygen atoms in total. The monoisotopic (exact) mass is 422 g/mol. The van der Waals surface area contributed by atoms with E-state index in [4.69, 9.17) is 0 Å². The number of hydrogen-bond acceptors (Lipinski definition) is 3. The van der Waals surface area contributed by atoms with Crippen LogP contribution in [0.25, 0.3) is 0 Å². The first kappa shape index (κ1) is 21.6. The van der Waals surface area contributed by atoms with Crippen LogP contribution in [0.4, 0.5) is 11.4 Å². The van der Waals surface area contributed by atoms with Crippen LogP contribution < -0.4 is 9.62 Å². The summed E-state index contributed by atoms with van der Waals surface area (Å²) in [5.41, 5.74) is 5.79. The van der Waals surface area contributed by atoms with Crippen molar-refractivity contribution in [2.75, 3.05) is 15.9 Å². The maximum atomic E-state index is 12.6. The summed E-state index contributed by atoms with van der Waals surface area (Å²) in [6.45, 7) is 6.12. The number of hydrogen-bond donors (Lipinski definition) is 1. The molecule has 1 N–H and O–H groups in total. The van der Waals surface area contributed by atoms with Gasteiger partial charge in [-0.2, -0.15) is 0 Å². The molecule has 0 aliphatic rings. The number of nitrogens with zero attached hydrogens (tertiary/aromatic N) is 1. The second kappa shape index (κ2) is 8.71. The normalized spacial score (nSPS) is 11.2. The molecule has 0 spiro atoms. The predicted octanol–water partition coefficient (Wildman–Crippen LogP) is 4.83. The van der Waals surface area contributed by atoms with E-state index in [2.05, 4.69) is 5.32 Å². The third-order valence-electron chi connectivity index (χ3n) is 4.91. The van der Waals surface area contributed by atoms with Gasteiger partial charge in [0.25, 0.3) is 5.91 Å². The van der Waals surface area contributed by atoms with Gasteiger partial charge in [0, 0.05) is 11.3 Å². The molecule has 30 heavy (non-hydrogen) atoms. The van der Waals surface area contributed by atoms with E-state index >= 15 is 0 Å². The summed E-state index contributed by atoms with van der Waals surface area (Å²) in [5.74, 6) is -0.236. The molecule has 1 amide bonds. The van der Waals surface area contributed by atoms with Crippen LogP contribution in [0.5, 0.6) is 0 Å². The number of rotatable bonds is 6. The first-order chi connectivity index (χ1) is 14.1. The molecule has 0 aromatic heterocycles. The summed E-state index contributed by atoms with van der Waals surface area (Å²) in [6, 6.07) is 20.2. The molecule has 3 aromatic carbocycles. The van der Waals surface area contributed by atoms with E-state index in [0.717, 1.165) is 27.9 Å². The fourth-order valence-corrected chi connectivity index (χ4v) is 3.99. The summed E-state index contributed by atoms with van der Waals surface area (Å²) in [7, 11) is -3.49. The molecule has 0 aliphatic heterocycles. The number of nitrogens with one attached hydrogen (secondary N) is 1. The largest absolute Gasteiger partial charge is 0.322 e. The van der Waals surface area contributed by atoms with Gasteiger partial charge in [-0.25, -0.2) is 8.42 Å². The van der Waals surface area contributed by atoms with Crippen LogP contribution in [0.3, 0.4) is 0 Å². The van der Waals surface area contributed by atoms with Gasteiger partial charge in [-0.15, -0.1) is 0 Å². The maximum absolute atomic E-state index is 12.6. The summed E-state index contributed by atoms with van der Waals surface area (Å²) >= 11 is 0. The van der Waals surface area contributed by atoms with Crippen LogP contribution >= 0.6 is 0 Å². The fourth-order valence-electron chi connectivity index (χ4n) is 3.10. The molecular formula is C24H26N2O3S. The molecule has 0 atom stereocenters. The van der Waals surface area contributed by atoms with Crippen LogP contribution in [0, 0.1) is 20.8 Å². The van der Waals surface area contributed by atoms with Gasteiger partial charge in [0.2, 0.25) is 10.0 Å². The van der Waals surface area contributed by atoms with Gasteiger partial charge in [0.1, 0.15) is 0 Å². The highest BCUT2D eigenvalue weighted by Gasteiger charge is 2.18. The number of sulfonamides is 1. The van der Waals surface area contributed by atoms with Gasteiger partial charge in [-0.1, -0.05) is 42.0 Å². The predicted molar refractivity (Wildman–Crippen MR) is 123 cm³/mol. The van der Waals surface area contributed by atoms with Crippen molar-refractivity contribution in [1.29, 1.82) is 0 Å². The lowest BCUT2D eigenvalue weighted by Gasteiger charge is -2.23. The van der Waals surface area contributed by atoms with Gasteiger partial charge in [-0.3, -0.25) is 9.10 Å². The van der Waals surface area contributed by atoms with Crippen molar-refractivity contribution in [1.82, 2.24) is 0 Å². The summed E-state index contributed by atoms with van der Waals surface area (Å²) in [6.07, 6.45) is 1.18. The summed E-state index contributed by atoms with van der Waals surface area (Å²) in [4.78, 5) is 12.6. The Kier molecular flexibility index (Phi) is 6.27. The zero-order valence-corrected chi connectivity index (χ0v) is 18.5. The molecule has 0 fully saturated rings. The van der Waals surface area contributed by atoms with Crippen LogP contribution in [0.2, 0.25) is 0 Å². The Hall–Kier alpha value is -3.12. The van der Waals surface area contributed by atoms with Gasteiger partial charge in [0.15, 0.2) is 0 Å². The van der Waals surface area contributed by atoms with Crippen molar-refractivity contribution in [2.24, 2.45) is 0 Å². The second-order valence-electron chi connectivity index (χ2n) is 7.57. The Labute approximate surface area is 178 Å². The Morgan fingerprint density at radius 3 is 2.07 bits per heavy atom. The summed E-state index contributed by atoms with van der Waals surface area (Å²) < 4.78 is 26.1. The van der Waals surface area contributed by atoms with E-state index in [9.17, 15) is 13.2 Å². The number of carbonyl (C=O) groups is 1. The topological polar surface area (TPSA) is 66.5 Å². The number of anilines is 2. The van der Waals surface area contributed by atoms with E-state index in [0.29, 0.717) is 11.3 Å². The average Bonchev–Trinajstić information content (AvgIpc) is 2.69. The zero-order valence-electron chi connectivity index (χ0n) is 17.6. The third-order valence-corrected chi connectivity index (χ3v) is 6.05. The Bertz CT molecular complexity index is 1150. The number of amides is 1. The van der Waals surface area contributed by atoms with Crippen molar-refractivity contribution in [2.45, 2.75) is 27.3 Å². The van der Waals surface area contributed by atoms with Crippen LogP contribution in [-0.2, 0) is 16.6 Å². The first-order valence-corrected chi connectivity index (χ1v) is 11.5. The molecule has 3 aromatic rings. The Morgan fingerprint density at radius 2 is 1.47 bits per heavy atom. The molecular weight excluding hydrogens is 396 g/mol. The molecule has 0 saturated carbocycles. The molecule has 6 heteroatoms. The highest BCUT2D eigenvalue weighted by Crippen LogP contribution is 2.23. The van der Waals surface area contributed by atoms with Gasteiger partial charge in [0.05, 0.1) is 18.5 Å². The van der Waals surface area contributed by atoms with Gasteiger partial charge >= 0.3 is 0 Å². The van der Waals surface area contributed by atoms with E-state index in [1.54, 1.807) is 24.3 Å². The molecule has 0 aliphatic carbocycles. The second-order valence-corrected chi connectivity index (χ2v) is 9.48. The number of benzene rings is 3. The minimum Gasteiger partial charge on any atom is -0.322 e.